The lowest BCUT2D eigenvalue weighted by molar-refractivity contribution is 0.0958. The summed E-state index contributed by atoms with van der Waals surface area (Å²) in [4.78, 5) is 24.7. The van der Waals surface area contributed by atoms with Crippen molar-refractivity contribution < 1.29 is 4.79 Å². The molecule has 4 nitrogen and oxygen atoms in total. The molecule has 1 atom stereocenters. The number of benzene rings is 2. The molecular weight excluding hydrogens is 442 g/mol. The molecule has 172 valence electrons. The molecule has 1 aliphatic heterocycles. The van der Waals surface area contributed by atoms with Crippen molar-refractivity contribution in [2.24, 2.45) is 5.92 Å². The molecule has 4 aromatic rings. The van der Waals surface area contributed by atoms with Gasteiger partial charge in [0.1, 0.15) is 5.69 Å². The van der Waals surface area contributed by atoms with E-state index in [0.29, 0.717) is 23.1 Å². The summed E-state index contributed by atoms with van der Waals surface area (Å²) in [5, 5.41) is 1.69. The molecule has 0 spiro atoms. The van der Waals surface area contributed by atoms with Crippen LogP contribution in [0.2, 0.25) is 5.02 Å². The van der Waals surface area contributed by atoms with Crippen LogP contribution in [0.1, 0.15) is 34.5 Å². The number of hydrogen-bond donors (Lipinski definition) is 0. The zero-order valence-electron chi connectivity index (χ0n) is 19.8. The van der Waals surface area contributed by atoms with E-state index in [1.807, 2.05) is 54.9 Å². The van der Waals surface area contributed by atoms with Crippen molar-refractivity contribution in [3.8, 4) is 22.3 Å². The molecule has 2 aromatic carbocycles. The van der Waals surface area contributed by atoms with E-state index in [1.165, 1.54) is 0 Å². The first-order chi connectivity index (χ1) is 16.4. The second-order valence-electron chi connectivity index (χ2n) is 9.40. The van der Waals surface area contributed by atoms with Gasteiger partial charge in [-0.3, -0.25) is 9.78 Å². The first-order valence-corrected chi connectivity index (χ1v) is 12.1. The van der Waals surface area contributed by atoms with E-state index in [4.69, 9.17) is 16.6 Å². The number of rotatable bonds is 5. The van der Waals surface area contributed by atoms with Crippen molar-refractivity contribution in [1.29, 1.82) is 0 Å². The first-order valence-electron chi connectivity index (χ1n) is 11.7. The summed E-state index contributed by atoms with van der Waals surface area (Å²) in [5.41, 5.74) is 7.75. The summed E-state index contributed by atoms with van der Waals surface area (Å²) in [6, 6.07) is 15.9. The largest absolute Gasteiger partial charge is 0.306 e. The van der Waals surface area contributed by atoms with Crippen molar-refractivity contribution >= 4 is 28.3 Å². The molecule has 0 N–H and O–H groups in total. The Hall–Kier alpha value is -3.08. The van der Waals surface area contributed by atoms with E-state index < -0.39 is 0 Å². The molecule has 0 aliphatic carbocycles. The number of carbonyl (C=O) groups excluding carboxylic acids is 1. The molecule has 0 saturated carbocycles. The summed E-state index contributed by atoms with van der Waals surface area (Å²) in [7, 11) is 2.11. The van der Waals surface area contributed by atoms with Crippen LogP contribution >= 0.6 is 11.6 Å². The molecule has 1 unspecified atom stereocenters. The van der Waals surface area contributed by atoms with Gasteiger partial charge >= 0.3 is 0 Å². The average Bonchev–Trinajstić information content (AvgIpc) is 3.23. The van der Waals surface area contributed by atoms with Crippen LogP contribution in [0.4, 0.5) is 0 Å². The van der Waals surface area contributed by atoms with Gasteiger partial charge in [-0.1, -0.05) is 29.8 Å². The highest BCUT2D eigenvalue weighted by Gasteiger charge is 2.25. The molecular formula is C29H28ClN3O. The minimum atomic E-state index is 0.101. The normalized spacial score (nSPS) is 16.3. The highest BCUT2D eigenvalue weighted by Crippen LogP contribution is 2.40. The van der Waals surface area contributed by atoms with Crippen LogP contribution < -0.4 is 0 Å². The van der Waals surface area contributed by atoms with Gasteiger partial charge in [-0.05, 0) is 97.9 Å². The van der Waals surface area contributed by atoms with E-state index in [2.05, 4.69) is 36.8 Å². The Bertz CT molecular complexity index is 1380. The summed E-state index contributed by atoms with van der Waals surface area (Å²) >= 11 is 6.67. The van der Waals surface area contributed by atoms with Crippen molar-refractivity contribution in [2.75, 3.05) is 20.1 Å². The van der Waals surface area contributed by atoms with Crippen molar-refractivity contribution in [1.82, 2.24) is 14.9 Å². The molecule has 0 radical (unpaired) electrons. The topological polar surface area (TPSA) is 46.1 Å². The second-order valence-corrected chi connectivity index (χ2v) is 9.81. The standard InChI is InChI=1S/C29H28ClN3O/c1-18-14-26-29(19(2)28(18)21-8-11-31-12-9-21)23(22-6-4-5-7-24(22)30)16-25(32-26)27(34)15-20-10-13-33(3)17-20/h4-9,11-12,14,16,20H,10,13,15,17H2,1-3H3. The number of aromatic nitrogens is 2. The minimum Gasteiger partial charge on any atom is -0.306 e. The van der Waals surface area contributed by atoms with Crippen molar-refractivity contribution in [3.63, 3.8) is 0 Å². The smallest absolute Gasteiger partial charge is 0.181 e. The molecule has 5 heteroatoms. The Kier molecular flexibility index (Phi) is 6.20. The SMILES string of the molecule is Cc1cc2nc(C(=O)CC3CCN(C)C3)cc(-c3ccccc3Cl)c2c(C)c1-c1ccncc1. The maximum Gasteiger partial charge on any atom is 0.181 e. The molecule has 2 aromatic heterocycles. The number of Topliss-reactive ketones (excluding diaryl/α,β-unsaturated/α-hetero) is 1. The number of hydrogen-bond acceptors (Lipinski definition) is 4. The van der Waals surface area contributed by atoms with Crippen LogP contribution in [0, 0.1) is 19.8 Å². The number of fused-ring (bicyclic) bond motifs is 1. The lowest BCUT2D eigenvalue weighted by Gasteiger charge is -2.18. The van der Waals surface area contributed by atoms with Gasteiger partial charge in [0, 0.05) is 41.3 Å². The Morgan fingerprint density at radius 2 is 1.85 bits per heavy atom. The highest BCUT2D eigenvalue weighted by atomic mass is 35.5. The predicted molar refractivity (Wildman–Crippen MR) is 139 cm³/mol. The molecule has 1 saturated heterocycles. The van der Waals surface area contributed by atoms with Crippen LogP contribution in [0.15, 0.2) is 60.9 Å². The molecule has 0 amide bonds. The molecule has 0 bridgehead atoms. The van der Waals surface area contributed by atoms with E-state index in [1.54, 1.807) is 0 Å². The number of nitrogens with zero attached hydrogens (tertiary/aromatic N) is 3. The molecule has 1 fully saturated rings. The van der Waals surface area contributed by atoms with Gasteiger partial charge in [-0.25, -0.2) is 4.98 Å². The maximum atomic E-state index is 13.4. The quantitative estimate of drug-likeness (QED) is 0.303. The fourth-order valence-corrected chi connectivity index (χ4v) is 5.56. The highest BCUT2D eigenvalue weighted by molar-refractivity contribution is 6.33. The van der Waals surface area contributed by atoms with Gasteiger partial charge in [-0.15, -0.1) is 0 Å². The Morgan fingerprint density at radius 3 is 2.56 bits per heavy atom. The molecule has 1 aliphatic rings. The van der Waals surface area contributed by atoms with Gasteiger partial charge in [-0.2, -0.15) is 0 Å². The van der Waals surface area contributed by atoms with Gasteiger partial charge in [0.25, 0.3) is 0 Å². The third-order valence-corrected chi connectivity index (χ3v) is 7.26. The second kappa shape index (κ2) is 9.28. The van der Waals surface area contributed by atoms with Crippen molar-refractivity contribution in [2.45, 2.75) is 26.7 Å². The number of halogens is 1. The number of aryl methyl sites for hydroxylation is 2. The zero-order valence-corrected chi connectivity index (χ0v) is 20.6. The van der Waals surface area contributed by atoms with Gasteiger partial charge < -0.3 is 4.90 Å². The Labute approximate surface area is 205 Å². The van der Waals surface area contributed by atoms with E-state index in [0.717, 1.165) is 63.8 Å². The summed E-state index contributed by atoms with van der Waals surface area (Å²) < 4.78 is 0. The minimum absolute atomic E-state index is 0.101. The molecule has 34 heavy (non-hydrogen) atoms. The fourth-order valence-electron chi connectivity index (χ4n) is 5.32. The lowest BCUT2D eigenvalue weighted by Crippen LogP contribution is -2.16. The monoisotopic (exact) mass is 469 g/mol. The fraction of sp³-hybridized carbons (Fsp3) is 0.276. The van der Waals surface area contributed by atoms with E-state index in [-0.39, 0.29) is 5.78 Å². The molecule has 3 heterocycles. The van der Waals surface area contributed by atoms with Crippen LogP contribution in [-0.4, -0.2) is 40.8 Å². The summed E-state index contributed by atoms with van der Waals surface area (Å²) in [5.74, 6) is 0.486. The average molecular weight is 470 g/mol. The maximum absolute atomic E-state index is 13.4. The Balaban J connectivity index is 1.71. The third-order valence-electron chi connectivity index (χ3n) is 6.93. The molecule has 5 rings (SSSR count). The zero-order chi connectivity index (χ0) is 23.8. The summed E-state index contributed by atoms with van der Waals surface area (Å²) in [6.45, 7) is 6.24. The van der Waals surface area contributed by atoms with E-state index >= 15 is 0 Å². The van der Waals surface area contributed by atoms with E-state index in [9.17, 15) is 4.79 Å². The number of likely N-dealkylation sites (tertiary alicyclic amines) is 1. The van der Waals surface area contributed by atoms with Crippen LogP contribution in [0.25, 0.3) is 33.2 Å². The number of carbonyl (C=O) groups is 1. The third kappa shape index (κ3) is 4.24. The van der Waals surface area contributed by atoms with Gasteiger partial charge in [0.2, 0.25) is 0 Å². The van der Waals surface area contributed by atoms with Crippen LogP contribution in [0.3, 0.4) is 0 Å². The van der Waals surface area contributed by atoms with Gasteiger partial charge in [0.15, 0.2) is 5.78 Å². The number of pyridine rings is 2. The Morgan fingerprint density at radius 1 is 1.09 bits per heavy atom. The number of ketones is 1. The lowest BCUT2D eigenvalue weighted by atomic mass is 9.88. The first kappa shape index (κ1) is 22.7. The van der Waals surface area contributed by atoms with Gasteiger partial charge in [0.05, 0.1) is 5.52 Å². The van der Waals surface area contributed by atoms with Crippen LogP contribution in [-0.2, 0) is 0 Å². The summed E-state index contributed by atoms with van der Waals surface area (Å²) in [6.07, 6.45) is 5.21. The van der Waals surface area contributed by atoms with Crippen molar-refractivity contribution in [3.05, 3.63) is 82.8 Å². The predicted octanol–water partition coefficient (Wildman–Crippen LogP) is 6.76. The van der Waals surface area contributed by atoms with Crippen LogP contribution in [0.5, 0.6) is 0 Å².